The fourth-order valence-electron chi connectivity index (χ4n) is 2.09. The van der Waals surface area contributed by atoms with Gasteiger partial charge in [-0.25, -0.2) is 9.59 Å². The Morgan fingerprint density at radius 2 is 1.40 bits per heavy atom. The summed E-state index contributed by atoms with van der Waals surface area (Å²) >= 11 is 2.15. The van der Waals surface area contributed by atoms with Crippen LogP contribution in [0, 0.1) is 0 Å². The van der Waals surface area contributed by atoms with Crippen LogP contribution in [0.5, 0.6) is 0 Å². The number of alkyl carbamates (subject to hydrolysis) is 1. The van der Waals surface area contributed by atoms with E-state index in [2.05, 4.69) is 27.9 Å². The molecule has 0 spiro atoms. The summed E-state index contributed by atoms with van der Waals surface area (Å²) in [4.78, 5) is 24.2. The first-order chi connectivity index (χ1) is 12.2. The lowest BCUT2D eigenvalue weighted by atomic mass is 10.2. The number of ether oxygens (including phenoxy) is 2. The lowest BCUT2D eigenvalue weighted by Crippen LogP contribution is -2.42. The minimum atomic E-state index is -0.719. The molecule has 0 aliphatic heterocycles. The molecule has 0 fully saturated rings. The second-order valence-corrected chi connectivity index (χ2v) is 6.41. The van der Waals surface area contributed by atoms with Gasteiger partial charge in [0, 0.05) is 4.43 Å². The van der Waals surface area contributed by atoms with Gasteiger partial charge in [0.25, 0.3) is 0 Å². The van der Waals surface area contributed by atoms with Crippen LogP contribution >= 0.6 is 22.6 Å². The summed E-state index contributed by atoms with van der Waals surface area (Å²) in [5, 5.41) is 2.58. The summed E-state index contributed by atoms with van der Waals surface area (Å²) < 4.78 is 11.2. The SMILES string of the molecule is O=C(N[C@@H](CCI)C(=O)OCc1ccccc1)OCc1ccccc1. The van der Waals surface area contributed by atoms with Crippen LogP contribution in [-0.4, -0.2) is 22.5 Å². The van der Waals surface area contributed by atoms with E-state index in [1.54, 1.807) is 0 Å². The summed E-state index contributed by atoms with van der Waals surface area (Å²) in [6.45, 7) is 0.334. The summed E-state index contributed by atoms with van der Waals surface area (Å²) in [5.74, 6) is -0.461. The van der Waals surface area contributed by atoms with Gasteiger partial charge in [-0.2, -0.15) is 0 Å². The highest BCUT2D eigenvalue weighted by atomic mass is 127. The predicted octanol–water partition coefficient (Wildman–Crippen LogP) is 3.85. The van der Waals surface area contributed by atoms with Crippen LogP contribution in [0.25, 0.3) is 0 Å². The molecule has 0 unspecified atom stereocenters. The lowest BCUT2D eigenvalue weighted by molar-refractivity contribution is -0.147. The largest absolute Gasteiger partial charge is 0.459 e. The molecule has 0 aliphatic carbocycles. The first-order valence-corrected chi connectivity index (χ1v) is 9.45. The van der Waals surface area contributed by atoms with Crippen LogP contribution in [0.15, 0.2) is 60.7 Å². The lowest BCUT2D eigenvalue weighted by Gasteiger charge is -2.16. The Morgan fingerprint density at radius 3 is 1.92 bits per heavy atom. The number of alkyl halides is 1. The monoisotopic (exact) mass is 453 g/mol. The third kappa shape index (κ3) is 7.13. The number of amides is 1. The van der Waals surface area contributed by atoms with Gasteiger partial charge in [0.1, 0.15) is 19.3 Å². The van der Waals surface area contributed by atoms with Crippen LogP contribution in [0.3, 0.4) is 0 Å². The topological polar surface area (TPSA) is 64.6 Å². The van der Waals surface area contributed by atoms with Gasteiger partial charge in [0.05, 0.1) is 0 Å². The second kappa shape index (κ2) is 10.7. The number of rotatable bonds is 8. The van der Waals surface area contributed by atoms with Crippen molar-refractivity contribution >= 4 is 34.7 Å². The number of benzene rings is 2. The first kappa shape index (κ1) is 19.2. The fourth-order valence-corrected chi connectivity index (χ4v) is 2.72. The van der Waals surface area contributed by atoms with Crippen LogP contribution in [0.4, 0.5) is 4.79 Å². The Morgan fingerprint density at radius 1 is 0.880 bits per heavy atom. The molecule has 1 N–H and O–H groups in total. The highest BCUT2D eigenvalue weighted by Gasteiger charge is 2.22. The van der Waals surface area contributed by atoms with Crippen molar-refractivity contribution in [3.05, 3.63) is 71.8 Å². The molecule has 0 saturated carbocycles. The van der Waals surface area contributed by atoms with E-state index in [0.29, 0.717) is 10.8 Å². The molecule has 1 atom stereocenters. The minimum Gasteiger partial charge on any atom is -0.459 e. The van der Waals surface area contributed by atoms with Crippen LogP contribution in [0.1, 0.15) is 17.5 Å². The normalized spacial score (nSPS) is 11.4. The van der Waals surface area contributed by atoms with E-state index in [1.807, 2.05) is 60.7 Å². The van der Waals surface area contributed by atoms with Gasteiger partial charge in [0.15, 0.2) is 0 Å². The fraction of sp³-hybridized carbons (Fsp3) is 0.263. The van der Waals surface area contributed by atoms with E-state index in [-0.39, 0.29) is 13.2 Å². The van der Waals surface area contributed by atoms with Crippen molar-refractivity contribution in [3.63, 3.8) is 0 Å². The molecular weight excluding hydrogens is 433 g/mol. The van der Waals surface area contributed by atoms with Gasteiger partial charge in [-0.3, -0.25) is 0 Å². The summed E-state index contributed by atoms with van der Waals surface area (Å²) in [6.07, 6.45) is -0.149. The average Bonchev–Trinajstić information content (AvgIpc) is 2.66. The van der Waals surface area contributed by atoms with Crippen molar-refractivity contribution in [2.24, 2.45) is 0 Å². The molecule has 0 aliphatic rings. The zero-order valence-corrected chi connectivity index (χ0v) is 15.8. The molecule has 0 aromatic heterocycles. The Balaban J connectivity index is 1.81. The van der Waals surface area contributed by atoms with Crippen molar-refractivity contribution in [2.45, 2.75) is 25.7 Å². The van der Waals surface area contributed by atoms with Crippen molar-refractivity contribution in [2.75, 3.05) is 4.43 Å². The number of hydrogen-bond acceptors (Lipinski definition) is 4. The van der Waals surface area contributed by atoms with Gasteiger partial charge in [0.2, 0.25) is 0 Å². The van der Waals surface area contributed by atoms with Crippen molar-refractivity contribution in [1.82, 2.24) is 5.32 Å². The molecule has 0 saturated heterocycles. The molecule has 1 amide bonds. The Kier molecular flexibility index (Phi) is 8.24. The van der Waals surface area contributed by atoms with Crippen LogP contribution < -0.4 is 5.32 Å². The number of carbonyl (C=O) groups is 2. The van der Waals surface area contributed by atoms with Crippen LogP contribution in [0.2, 0.25) is 0 Å². The van der Waals surface area contributed by atoms with E-state index in [0.717, 1.165) is 11.1 Å². The van der Waals surface area contributed by atoms with Gasteiger partial charge < -0.3 is 14.8 Å². The molecular formula is C19H20INO4. The smallest absolute Gasteiger partial charge is 0.408 e. The maximum Gasteiger partial charge on any atom is 0.408 e. The minimum absolute atomic E-state index is 0.155. The number of carbonyl (C=O) groups excluding carboxylic acids is 2. The second-order valence-electron chi connectivity index (χ2n) is 5.33. The van der Waals surface area contributed by atoms with Gasteiger partial charge >= 0.3 is 12.1 Å². The zero-order valence-electron chi connectivity index (χ0n) is 13.7. The van der Waals surface area contributed by atoms with Crippen LogP contribution in [-0.2, 0) is 27.5 Å². The van der Waals surface area contributed by atoms with E-state index in [1.165, 1.54) is 0 Å². The van der Waals surface area contributed by atoms with Gasteiger partial charge in [-0.05, 0) is 17.5 Å². The molecule has 5 nitrogen and oxygen atoms in total. The van der Waals surface area contributed by atoms with Crippen molar-refractivity contribution in [1.29, 1.82) is 0 Å². The van der Waals surface area contributed by atoms with Gasteiger partial charge in [-0.1, -0.05) is 83.3 Å². The number of halogens is 1. The standard InChI is InChI=1S/C19H20INO4/c20-12-11-17(18(22)24-13-15-7-3-1-4-8-15)21-19(23)25-14-16-9-5-2-6-10-16/h1-10,17H,11-14H2,(H,21,23)/t17-/m0/s1. The zero-order chi connectivity index (χ0) is 17.9. The van der Waals surface area contributed by atoms with Crippen molar-refractivity contribution < 1.29 is 19.1 Å². The molecule has 6 heteroatoms. The third-order valence-corrected chi connectivity index (χ3v) is 4.03. The van der Waals surface area contributed by atoms with Crippen molar-refractivity contribution in [3.8, 4) is 0 Å². The molecule has 0 bridgehead atoms. The number of esters is 1. The number of nitrogens with one attached hydrogen (secondary N) is 1. The summed E-state index contributed by atoms with van der Waals surface area (Å²) in [6, 6.07) is 18.1. The molecule has 25 heavy (non-hydrogen) atoms. The van der Waals surface area contributed by atoms with E-state index < -0.39 is 18.1 Å². The highest BCUT2D eigenvalue weighted by Crippen LogP contribution is 2.06. The molecule has 2 aromatic carbocycles. The Hall–Kier alpha value is -2.09. The molecule has 2 rings (SSSR count). The van der Waals surface area contributed by atoms with E-state index in [4.69, 9.17) is 9.47 Å². The van der Waals surface area contributed by atoms with Gasteiger partial charge in [-0.15, -0.1) is 0 Å². The number of hydrogen-bond donors (Lipinski definition) is 1. The highest BCUT2D eigenvalue weighted by molar-refractivity contribution is 14.1. The maximum absolute atomic E-state index is 12.2. The first-order valence-electron chi connectivity index (χ1n) is 7.93. The molecule has 132 valence electrons. The maximum atomic E-state index is 12.2. The molecule has 0 radical (unpaired) electrons. The molecule has 0 heterocycles. The quantitative estimate of drug-likeness (QED) is 0.375. The summed E-state index contributed by atoms with van der Waals surface area (Å²) in [5.41, 5.74) is 1.78. The Labute approximate surface area is 160 Å². The molecule has 2 aromatic rings. The predicted molar refractivity (Wildman–Crippen MR) is 103 cm³/mol. The summed E-state index contributed by atoms with van der Waals surface area (Å²) in [7, 11) is 0. The van der Waals surface area contributed by atoms with E-state index >= 15 is 0 Å². The average molecular weight is 453 g/mol. The Bertz CT molecular complexity index is 664. The van der Waals surface area contributed by atoms with E-state index in [9.17, 15) is 9.59 Å². The third-order valence-electron chi connectivity index (χ3n) is 3.41.